The number of hydrogen-bond donors (Lipinski definition) is 3. The second kappa shape index (κ2) is 7.18. The van der Waals surface area contributed by atoms with Crippen LogP contribution in [0.1, 0.15) is 19.5 Å². The Balaban J connectivity index is 2.25. The van der Waals surface area contributed by atoms with Gasteiger partial charge in [0, 0.05) is 0 Å². The molecule has 24 heavy (non-hydrogen) atoms. The van der Waals surface area contributed by atoms with E-state index < -0.39 is 54.9 Å². The summed E-state index contributed by atoms with van der Waals surface area (Å²) >= 11 is 0. The zero-order valence-corrected chi connectivity index (χ0v) is 13.0. The summed E-state index contributed by atoms with van der Waals surface area (Å²) < 4.78 is 48.9. The van der Waals surface area contributed by atoms with Crippen molar-refractivity contribution in [2.45, 2.75) is 50.5 Å². The molecule has 1 fully saturated rings. The third-order valence-electron chi connectivity index (χ3n) is 3.72. The van der Waals surface area contributed by atoms with Gasteiger partial charge < -0.3 is 24.8 Å². The largest absolute Gasteiger partial charge is 0.468 e. The van der Waals surface area contributed by atoms with Crippen molar-refractivity contribution < 1.29 is 38.0 Å². The molecule has 1 aliphatic heterocycles. The molecule has 1 saturated heterocycles. The van der Waals surface area contributed by atoms with Gasteiger partial charge in [0.2, 0.25) is 5.88 Å². The Bertz CT molecular complexity index is 557. The van der Waals surface area contributed by atoms with Gasteiger partial charge in [0.15, 0.2) is 11.8 Å². The van der Waals surface area contributed by atoms with Crippen LogP contribution in [0.25, 0.3) is 0 Å². The summed E-state index contributed by atoms with van der Waals surface area (Å²) in [6, 6.07) is 0. The summed E-state index contributed by atoms with van der Waals surface area (Å²) in [5, 5.41) is 29.3. The Kier molecular flexibility index (Phi) is 5.63. The van der Waals surface area contributed by atoms with Gasteiger partial charge >= 0.3 is 6.18 Å². The first-order valence-corrected chi connectivity index (χ1v) is 7.33. The van der Waals surface area contributed by atoms with Crippen LogP contribution in [0, 0.1) is 5.92 Å². The molecule has 1 unspecified atom stereocenters. The molecular formula is C14H19F3N2O5. The summed E-state index contributed by atoms with van der Waals surface area (Å²) in [4.78, 5) is 6.75. The van der Waals surface area contributed by atoms with E-state index in [0.717, 1.165) is 6.20 Å². The van der Waals surface area contributed by atoms with Crippen LogP contribution in [-0.4, -0.2) is 62.4 Å². The first-order valence-electron chi connectivity index (χ1n) is 7.33. The lowest BCUT2D eigenvalue weighted by molar-refractivity contribution is -0.232. The Hall–Kier alpha value is -1.49. The van der Waals surface area contributed by atoms with Crippen LogP contribution in [0.2, 0.25) is 0 Å². The molecule has 5 atom stereocenters. The third-order valence-corrected chi connectivity index (χ3v) is 3.72. The molecule has 0 saturated carbocycles. The van der Waals surface area contributed by atoms with Crippen LogP contribution in [0.15, 0.2) is 12.4 Å². The number of halogens is 3. The number of rotatable bonds is 4. The van der Waals surface area contributed by atoms with Crippen LogP contribution >= 0.6 is 0 Å². The van der Waals surface area contributed by atoms with Crippen molar-refractivity contribution in [2.75, 3.05) is 6.61 Å². The van der Waals surface area contributed by atoms with E-state index in [0.29, 0.717) is 6.20 Å². The highest BCUT2D eigenvalue weighted by atomic mass is 19.4. The Morgan fingerprint density at radius 3 is 2.46 bits per heavy atom. The molecule has 1 aromatic rings. The van der Waals surface area contributed by atoms with Gasteiger partial charge in [0.05, 0.1) is 25.1 Å². The standard InChI is InChI=1S/C14H19F3N2O5/c1-6(2)12-13(11(22)10(21)7(5-20)23-12)24-9-4-18-3-8(19-9)14(15,16)17/h3-4,6-7,10-13,20-22H,5H2,1-2H3/t7-,10+,11+,12?,13-/m1/s1. The molecule has 136 valence electrons. The first-order chi connectivity index (χ1) is 11.1. The highest BCUT2D eigenvalue weighted by molar-refractivity contribution is 5.12. The number of alkyl halides is 3. The zero-order valence-electron chi connectivity index (χ0n) is 13.0. The fourth-order valence-electron chi connectivity index (χ4n) is 2.47. The topological polar surface area (TPSA) is 105 Å². The van der Waals surface area contributed by atoms with Crippen LogP contribution < -0.4 is 4.74 Å². The van der Waals surface area contributed by atoms with Crippen molar-refractivity contribution in [1.29, 1.82) is 0 Å². The highest BCUT2D eigenvalue weighted by Crippen LogP contribution is 2.31. The number of hydrogen-bond acceptors (Lipinski definition) is 7. The van der Waals surface area contributed by atoms with E-state index in [1.807, 2.05) is 0 Å². The van der Waals surface area contributed by atoms with Crippen molar-refractivity contribution in [3.05, 3.63) is 18.1 Å². The van der Waals surface area contributed by atoms with Crippen molar-refractivity contribution in [3.8, 4) is 5.88 Å². The molecule has 2 rings (SSSR count). The molecule has 2 heterocycles. The molecule has 0 aromatic carbocycles. The fraction of sp³-hybridized carbons (Fsp3) is 0.714. The fourth-order valence-corrected chi connectivity index (χ4v) is 2.47. The molecule has 0 bridgehead atoms. The molecule has 0 amide bonds. The number of nitrogens with zero attached hydrogens (tertiary/aromatic N) is 2. The SMILES string of the molecule is CC(C)C1O[C@H](CO)[C@H](O)[C@H](O)[C@H]1Oc1cncc(C(F)(F)F)n1. The number of aromatic nitrogens is 2. The van der Waals surface area contributed by atoms with E-state index in [-0.39, 0.29) is 5.92 Å². The summed E-state index contributed by atoms with van der Waals surface area (Å²) in [6.07, 6.45) is -9.03. The van der Waals surface area contributed by atoms with Gasteiger partial charge in [-0.2, -0.15) is 13.2 Å². The normalized spacial score (nSPS) is 31.3. The van der Waals surface area contributed by atoms with Crippen molar-refractivity contribution in [1.82, 2.24) is 9.97 Å². The zero-order chi connectivity index (χ0) is 18.1. The van der Waals surface area contributed by atoms with Gasteiger partial charge in [-0.1, -0.05) is 13.8 Å². The number of ether oxygens (including phenoxy) is 2. The van der Waals surface area contributed by atoms with Crippen LogP contribution in [-0.2, 0) is 10.9 Å². The first kappa shape index (κ1) is 18.8. The second-order valence-electron chi connectivity index (χ2n) is 5.87. The van der Waals surface area contributed by atoms with E-state index in [9.17, 15) is 28.5 Å². The van der Waals surface area contributed by atoms with Gasteiger partial charge in [-0.25, -0.2) is 4.98 Å². The molecule has 7 nitrogen and oxygen atoms in total. The van der Waals surface area contributed by atoms with Gasteiger partial charge in [-0.15, -0.1) is 0 Å². The highest BCUT2D eigenvalue weighted by Gasteiger charge is 2.47. The van der Waals surface area contributed by atoms with E-state index in [1.165, 1.54) is 0 Å². The van der Waals surface area contributed by atoms with E-state index >= 15 is 0 Å². The minimum atomic E-state index is -4.69. The van der Waals surface area contributed by atoms with Crippen molar-refractivity contribution >= 4 is 0 Å². The predicted octanol–water partition coefficient (Wildman–Crippen LogP) is 0.380. The lowest BCUT2D eigenvalue weighted by Gasteiger charge is -2.43. The average molecular weight is 352 g/mol. The molecule has 1 aliphatic rings. The monoisotopic (exact) mass is 352 g/mol. The maximum absolute atomic E-state index is 12.7. The van der Waals surface area contributed by atoms with Crippen LogP contribution in [0.3, 0.4) is 0 Å². The van der Waals surface area contributed by atoms with E-state index in [1.54, 1.807) is 13.8 Å². The van der Waals surface area contributed by atoms with Gasteiger partial charge in [-0.05, 0) is 5.92 Å². The van der Waals surface area contributed by atoms with Crippen LogP contribution in [0.5, 0.6) is 5.88 Å². The quantitative estimate of drug-likeness (QED) is 0.719. The molecule has 3 N–H and O–H groups in total. The maximum atomic E-state index is 12.7. The third kappa shape index (κ3) is 3.94. The van der Waals surface area contributed by atoms with Gasteiger partial charge in [0.25, 0.3) is 0 Å². The molecule has 0 radical (unpaired) electrons. The maximum Gasteiger partial charge on any atom is 0.435 e. The number of aliphatic hydroxyl groups excluding tert-OH is 3. The lowest BCUT2D eigenvalue weighted by Crippen LogP contribution is -2.61. The van der Waals surface area contributed by atoms with Crippen molar-refractivity contribution in [3.63, 3.8) is 0 Å². The van der Waals surface area contributed by atoms with Gasteiger partial charge in [0.1, 0.15) is 18.3 Å². The lowest BCUT2D eigenvalue weighted by atomic mass is 9.89. The summed E-state index contributed by atoms with van der Waals surface area (Å²) in [5.74, 6) is -0.650. The smallest absolute Gasteiger partial charge is 0.435 e. The summed E-state index contributed by atoms with van der Waals surface area (Å²) in [5.41, 5.74) is -1.24. The van der Waals surface area contributed by atoms with E-state index in [2.05, 4.69) is 9.97 Å². The second-order valence-corrected chi connectivity index (χ2v) is 5.87. The Labute approximate surface area is 136 Å². The Morgan fingerprint density at radius 1 is 1.25 bits per heavy atom. The van der Waals surface area contributed by atoms with Crippen molar-refractivity contribution in [2.24, 2.45) is 5.92 Å². The predicted molar refractivity (Wildman–Crippen MR) is 74.0 cm³/mol. The van der Waals surface area contributed by atoms with E-state index in [4.69, 9.17) is 9.47 Å². The molecule has 0 aliphatic carbocycles. The summed E-state index contributed by atoms with van der Waals surface area (Å²) in [7, 11) is 0. The molecule has 0 spiro atoms. The molecule has 10 heteroatoms. The molecular weight excluding hydrogens is 333 g/mol. The number of aliphatic hydroxyl groups is 3. The Morgan fingerprint density at radius 2 is 1.92 bits per heavy atom. The van der Waals surface area contributed by atoms with Crippen LogP contribution in [0.4, 0.5) is 13.2 Å². The van der Waals surface area contributed by atoms with Gasteiger partial charge in [-0.3, -0.25) is 4.98 Å². The minimum absolute atomic E-state index is 0.204. The summed E-state index contributed by atoms with van der Waals surface area (Å²) in [6.45, 7) is 2.98. The molecule has 1 aromatic heterocycles. The minimum Gasteiger partial charge on any atom is -0.468 e. The average Bonchev–Trinajstić information content (AvgIpc) is 2.51.